The van der Waals surface area contributed by atoms with E-state index in [2.05, 4.69) is 45.9 Å². The van der Waals surface area contributed by atoms with Crippen LogP contribution in [0.5, 0.6) is 5.75 Å². The number of esters is 1. The number of rotatable bonds is 9. The van der Waals surface area contributed by atoms with Crippen LogP contribution in [0.15, 0.2) is 41.5 Å². The molecular formula is C25H24ClF4N7O5. The minimum atomic E-state index is -5.00. The molecule has 0 aliphatic carbocycles. The molecule has 17 heteroatoms. The van der Waals surface area contributed by atoms with Gasteiger partial charge in [-0.05, 0) is 35.9 Å². The second kappa shape index (κ2) is 12.9. The Hall–Kier alpha value is -4.60. The summed E-state index contributed by atoms with van der Waals surface area (Å²) in [5.41, 5.74) is 1.10. The number of carbonyl (C=O) groups excluding carboxylic acids is 3. The molecule has 0 radical (unpaired) electrons. The van der Waals surface area contributed by atoms with Crippen molar-refractivity contribution in [2.75, 3.05) is 32.1 Å². The normalized spacial score (nSPS) is 15.7. The Bertz CT molecular complexity index is 1510. The third-order valence-corrected chi connectivity index (χ3v) is 6.10. The quantitative estimate of drug-likeness (QED) is 0.182. The Morgan fingerprint density at radius 3 is 2.67 bits per heavy atom. The van der Waals surface area contributed by atoms with Gasteiger partial charge < -0.3 is 30.7 Å². The van der Waals surface area contributed by atoms with Gasteiger partial charge in [0, 0.05) is 16.0 Å². The lowest BCUT2D eigenvalue weighted by molar-refractivity contribution is -0.274. The number of H-pyrrole nitrogens is 1. The number of anilines is 1. The first-order valence-corrected chi connectivity index (χ1v) is 12.6. The van der Waals surface area contributed by atoms with Crippen LogP contribution < -0.4 is 26.0 Å². The fraction of sp³-hybridized carbons (Fsp3) is 0.320. The molecule has 2 amide bonds. The number of ether oxygens (including phenoxy) is 2. The summed E-state index contributed by atoms with van der Waals surface area (Å²) in [5, 5.41) is 17.9. The number of methoxy groups -OCH3 is 1. The van der Waals surface area contributed by atoms with Crippen LogP contribution in [0.2, 0.25) is 5.02 Å². The zero-order valence-electron chi connectivity index (χ0n) is 21.8. The first-order chi connectivity index (χ1) is 19.9. The van der Waals surface area contributed by atoms with Crippen LogP contribution in [0.1, 0.15) is 28.4 Å². The lowest BCUT2D eigenvalue weighted by atomic mass is 10.0. The van der Waals surface area contributed by atoms with E-state index in [0.29, 0.717) is 22.5 Å². The highest BCUT2D eigenvalue weighted by Crippen LogP contribution is 2.31. The second-order valence-electron chi connectivity index (χ2n) is 9.00. The van der Waals surface area contributed by atoms with E-state index in [9.17, 15) is 31.9 Å². The van der Waals surface area contributed by atoms with E-state index in [1.807, 2.05) is 0 Å². The van der Waals surface area contributed by atoms with Crippen molar-refractivity contribution in [1.29, 1.82) is 0 Å². The first-order valence-electron chi connectivity index (χ1n) is 12.3. The zero-order valence-corrected chi connectivity index (χ0v) is 22.5. The summed E-state index contributed by atoms with van der Waals surface area (Å²) in [6.07, 6.45) is -5.04. The zero-order chi connectivity index (χ0) is 30.4. The summed E-state index contributed by atoms with van der Waals surface area (Å²) in [6.45, 7) is -0.515. The number of hydrogen-bond donors (Lipinski definition) is 5. The van der Waals surface area contributed by atoms with E-state index >= 15 is 0 Å². The summed E-state index contributed by atoms with van der Waals surface area (Å²) >= 11 is 5.94. The van der Waals surface area contributed by atoms with Crippen molar-refractivity contribution in [3.05, 3.63) is 52.7 Å². The Morgan fingerprint density at radius 1 is 1.19 bits per heavy atom. The van der Waals surface area contributed by atoms with Gasteiger partial charge in [0.05, 0.1) is 56.6 Å². The molecule has 4 rings (SSSR count). The smallest absolute Gasteiger partial charge is 0.469 e. The van der Waals surface area contributed by atoms with Gasteiger partial charge in [0.1, 0.15) is 11.9 Å². The number of benzene rings is 2. The molecule has 42 heavy (non-hydrogen) atoms. The van der Waals surface area contributed by atoms with Crippen LogP contribution in [0.3, 0.4) is 0 Å². The fourth-order valence-corrected chi connectivity index (χ4v) is 4.24. The number of nitrogens with one attached hydrogen (secondary N) is 5. The van der Waals surface area contributed by atoms with Crippen LogP contribution >= 0.6 is 11.6 Å². The number of carbonyl (C=O) groups is 3. The maximum atomic E-state index is 13.4. The molecule has 2 heterocycles. The number of amides is 2. The Labute approximate surface area is 240 Å². The maximum Gasteiger partial charge on any atom is 0.573 e. The number of nitrogens with zero attached hydrogens (tertiary/aromatic N) is 2. The van der Waals surface area contributed by atoms with E-state index in [1.54, 1.807) is 0 Å². The van der Waals surface area contributed by atoms with Gasteiger partial charge in [-0.25, -0.2) is 9.38 Å². The van der Waals surface area contributed by atoms with Crippen molar-refractivity contribution in [3.8, 4) is 5.75 Å². The molecule has 0 saturated carbocycles. The lowest BCUT2D eigenvalue weighted by Crippen LogP contribution is -2.41. The predicted molar refractivity (Wildman–Crippen MR) is 143 cm³/mol. The van der Waals surface area contributed by atoms with E-state index in [-0.39, 0.29) is 29.2 Å². The van der Waals surface area contributed by atoms with E-state index in [4.69, 9.17) is 11.6 Å². The largest absolute Gasteiger partial charge is 0.573 e. The van der Waals surface area contributed by atoms with Crippen molar-refractivity contribution in [1.82, 2.24) is 26.1 Å². The highest BCUT2D eigenvalue weighted by atomic mass is 35.5. The number of guanidine groups is 1. The van der Waals surface area contributed by atoms with Crippen LogP contribution in [-0.4, -0.2) is 73.2 Å². The summed E-state index contributed by atoms with van der Waals surface area (Å²) in [4.78, 5) is 41.7. The summed E-state index contributed by atoms with van der Waals surface area (Å²) in [7, 11) is 1.10. The molecule has 1 aliphatic rings. The van der Waals surface area contributed by atoms with Gasteiger partial charge in [-0.3, -0.25) is 19.5 Å². The molecule has 2 atom stereocenters. The highest BCUT2D eigenvalue weighted by molar-refractivity contribution is 6.30. The fourth-order valence-electron chi connectivity index (χ4n) is 4.00. The van der Waals surface area contributed by atoms with Gasteiger partial charge in [-0.15, -0.1) is 13.2 Å². The molecule has 2 aromatic carbocycles. The van der Waals surface area contributed by atoms with E-state index < -0.39 is 55.1 Å². The van der Waals surface area contributed by atoms with Gasteiger partial charge in [-0.2, -0.15) is 5.10 Å². The summed E-state index contributed by atoms with van der Waals surface area (Å²) in [5.74, 6) is -2.53. The molecule has 1 aromatic heterocycles. The standard InChI is InChI=1S/C25H24ClF4N7O5/c1-41-22(39)7-18(12-2-14(26)6-16(3-12)42-25(28,29)30)35-21(38)11-31-23(40)13-4-19(17-10-34-37-20(17)5-13)36-24-32-8-15(27)9-33-24/h2-6,10,15,18H,7-9,11H2,1H3,(H,31,40)(H,34,37)(H,35,38)(H2,32,33,36)/t18-/m0/s1. The molecule has 1 unspecified atom stereocenters. The average Bonchev–Trinajstić information content (AvgIpc) is 3.40. The van der Waals surface area contributed by atoms with Crippen LogP contribution in [0, 0.1) is 0 Å². The number of fused-ring (bicyclic) bond motifs is 1. The van der Waals surface area contributed by atoms with Crippen molar-refractivity contribution in [2.45, 2.75) is 25.0 Å². The van der Waals surface area contributed by atoms with Gasteiger partial charge in [0.2, 0.25) is 5.91 Å². The number of hydrogen-bond acceptors (Lipinski definition) is 9. The molecule has 0 fully saturated rings. The Kier molecular flexibility index (Phi) is 9.35. The van der Waals surface area contributed by atoms with E-state index in [1.165, 1.54) is 24.4 Å². The minimum Gasteiger partial charge on any atom is -0.469 e. The SMILES string of the molecule is COC(=O)C[C@H](NC(=O)CNC(=O)c1cc(NC2=NCC(F)CN2)c2cn[nH]c2c1)c1cc(Cl)cc(OC(F)(F)F)c1. The molecule has 224 valence electrons. The molecule has 0 bridgehead atoms. The second-order valence-corrected chi connectivity index (χ2v) is 9.44. The van der Waals surface area contributed by atoms with Gasteiger partial charge in [-0.1, -0.05) is 11.6 Å². The molecule has 5 N–H and O–H groups in total. The van der Waals surface area contributed by atoms with E-state index in [0.717, 1.165) is 19.2 Å². The third-order valence-electron chi connectivity index (χ3n) is 5.89. The van der Waals surface area contributed by atoms with Crippen molar-refractivity contribution in [3.63, 3.8) is 0 Å². The number of alkyl halides is 4. The molecule has 3 aromatic rings. The number of aromatic nitrogens is 2. The highest BCUT2D eigenvalue weighted by Gasteiger charge is 2.32. The van der Waals surface area contributed by atoms with Crippen molar-refractivity contribution < 1.29 is 41.4 Å². The predicted octanol–water partition coefficient (Wildman–Crippen LogP) is 2.97. The molecule has 0 spiro atoms. The summed E-state index contributed by atoms with van der Waals surface area (Å²) < 4.78 is 60.2. The first kappa shape index (κ1) is 30.4. The monoisotopic (exact) mass is 613 g/mol. The van der Waals surface area contributed by atoms with Gasteiger partial charge in [0.25, 0.3) is 5.91 Å². The summed E-state index contributed by atoms with van der Waals surface area (Å²) in [6, 6.07) is 4.97. The van der Waals surface area contributed by atoms with Crippen LogP contribution in [0.4, 0.5) is 23.2 Å². The van der Waals surface area contributed by atoms with Crippen LogP contribution in [-0.2, 0) is 14.3 Å². The van der Waals surface area contributed by atoms with Gasteiger partial charge >= 0.3 is 12.3 Å². The maximum absolute atomic E-state index is 13.4. The number of aromatic amines is 1. The lowest BCUT2D eigenvalue weighted by Gasteiger charge is -2.20. The van der Waals surface area contributed by atoms with Crippen LogP contribution in [0.25, 0.3) is 10.9 Å². The van der Waals surface area contributed by atoms with Gasteiger partial charge in [0.15, 0.2) is 5.96 Å². The Morgan fingerprint density at radius 2 is 1.98 bits per heavy atom. The topological polar surface area (TPSA) is 159 Å². The number of halogens is 5. The minimum absolute atomic E-state index is 0.0258. The Balaban J connectivity index is 1.46. The molecule has 12 nitrogen and oxygen atoms in total. The molecule has 0 saturated heterocycles. The third kappa shape index (κ3) is 8.22. The molecule has 1 aliphatic heterocycles. The van der Waals surface area contributed by atoms with Crippen molar-refractivity contribution in [2.24, 2.45) is 4.99 Å². The molecular weight excluding hydrogens is 590 g/mol. The number of aliphatic imine (C=N–C) groups is 1. The average molecular weight is 614 g/mol. The van der Waals surface area contributed by atoms with Crippen molar-refractivity contribution >= 4 is 51.9 Å².